The molecule has 0 heterocycles. The van der Waals surface area contributed by atoms with Crippen molar-refractivity contribution in [1.82, 2.24) is 0 Å². The second-order valence-electron chi connectivity index (χ2n) is 3.83. The summed E-state index contributed by atoms with van der Waals surface area (Å²) >= 11 is 0. The van der Waals surface area contributed by atoms with Crippen molar-refractivity contribution in [1.29, 1.82) is 0 Å². The molecule has 0 amide bonds. The lowest BCUT2D eigenvalue weighted by Crippen LogP contribution is -2.27. The molecule has 0 fully saturated rings. The second kappa shape index (κ2) is 13.5. The monoisotopic (exact) mass is 177 g/mol. The molecule has 2 radical (unpaired) electrons. The van der Waals surface area contributed by atoms with Gasteiger partial charge in [0.05, 0.1) is 36.0 Å². The number of quaternary nitrogens is 1. The summed E-state index contributed by atoms with van der Waals surface area (Å²) in [6.45, 7) is 2.13. The van der Waals surface area contributed by atoms with Crippen molar-refractivity contribution in [2.24, 2.45) is 0 Å². The quantitative estimate of drug-likeness (QED) is 0.452. The fraction of sp³-hybridized carbons (Fsp3) is 1.00. The fourth-order valence-corrected chi connectivity index (χ4v) is 0.204. The second-order valence-corrected chi connectivity index (χ2v) is 3.83. The minimum Gasteiger partial charge on any atom is -0.870 e. The van der Waals surface area contributed by atoms with Crippen molar-refractivity contribution < 1.29 is 15.4 Å². The van der Waals surface area contributed by atoms with E-state index in [-0.39, 0.29) is 11.0 Å². The summed E-state index contributed by atoms with van der Waals surface area (Å²) in [7, 11) is 13.6. The highest BCUT2D eigenvalue weighted by Gasteiger charge is 1.88. The Balaban J connectivity index is -0.0000000457. The van der Waals surface area contributed by atoms with Gasteiger partial charge < -0.3 is 15.4 Å². The molecular weight excluding hydrogens is 153 g/mol. The summed E-state index contributed by atoms with van der Waals surface area (Å²) in [4.78, 5) is 0. The molecular formula is C8H24BNO2. The molecule has 0 rings (SSSR count). The minimum atomic E-state index is 0. The average molecular weight is 177 g/mol. The molecule has 0 aliphatic carbocycles. The summed E-state index contributed by atoms with van der Waals surface area (Å²) in [5.74, 6) is 0. The van der Waals surface area contributed by atoms with E-state index in [4.69, 9.17) is 7.85 Å². The van der Waals surface area contributed by atoms with Gasteiger partial charge in [-0.2, -0.15) is 0 Å². The first-order valence-corrected chi connectivity index (χ1v) is 3.90. The lowest BCUT2D eigenvalue weighted by atomic mass is 10.0. The van der Waals surface area contributed by atoms with E-state index in [0.29, 0.717) is 0 Å². The van der Waals surface area contributed by atoms with Crippen LogP contribution in [-0.4, -0.2) is 51.5 Å². The predicted molar refractivity (Wildman–Crippen MR) is 55.0 cm³/mol. The maximum Gasteiger partial charge on any atom is 0.0675 e. The Kier molecular flexibility index (Phi) is 25.6. The standard InChI is InChI=1S/C4H9B.C4H12N.2H2O/c1-2-3-4-5;1-5(2,3)4;;/h2-4H2,1H3;1-4H3;2*1H2/q;+1;;/p-1. The zero-order chi connectivity index (χ0) is 8.62. The highest BCUT2D eigenvalue weighted by Crippen LogP contribution is 1.86. The molecule has 0 saturated heterocycles. The molecule has 76 valence electrons. The van der Waals surface area contributed by atoms with Crippen LogP contribution in [0.5, 0.6) is 0 Å². The first-order valence-electron chi connectivity index (χ1n) is 3.90. The van der Waals surface area contributed by atoms with E-state index in [9.17, 15) is 0 Å². The maximum absolute atomic E-state index is 5.14. The van der Waals surface area contributed by atoms with Gasteiger partial charge >= 0.3 is 0 Å². The molecule has 4 heteroatoms. The van der Waals surface area contributed by atoms with Crippen LogP contribution in [0.1, 0.15) is 19.8 Å². The van der Waals surface area contributed by atoms with Crippen LogP contribution in [0.2, 0.25) is 6.32 Å². The van der Waals surface area contributed by atoms with Crippen LogP contribution in [0.25, 0.3) is 0 Å². The Morgan fingerprint density at radius 3 is 1.33 bits per heavy atom. The van der Waals surface area contributed by atoms with Gasteiger partial charge in [-0.3, -0.25) is 0 Å². The maximum atomic E-state index is 5.14. The zero-order valence-electron chi connectivity index (χ0n) is 9.09. The van der Waals surface area contributed by atoms with Crippen LogP contribution in [0.4, 0.5) is 0 Å². The Hall–Kier alpha value is -0.0551. The third-order valence-electron chi connectivity index (χ3n) is 0.558. The molecule has 0 bridgehead atoms. The summed E-state index contributed by atoms with van der Waals surface area (Å²) in [5, 5.41) is 0. The molecule has 0 unspecified atom stereocenters. The van der Waals surface area contributed by atoms with E-state index >= 15 is 0 Å². The van der Waals surface area contributed by atoms with Crippen molar-refractivity contribution in [3.63, 3.8) is 0 Å². The summed E-state index contributed by atoms with van der Waals surface area (Å²) < 4.78 is 1.00. The molecule has 0 aromatic rings. The van der Waals surface area contributed by atoms with E-state index in [1.807, 2.05) is 0 Å². The summed E-state index contributed by atoms with van der Waals surface area (Å²) in [6.07, 6.45) is 3.23. The average Bonchev–Trinajstić information content (AvgIpc) is 1.63. The molecule has 3 nitrogen and oxygen atoms in total. The van der Waals surface area contributed by atoms with E-state index in [1.54, 1.807) is 0 Å². The Morgan fingerprint density at radius 2 is 1.33 bits per heavy atom. The van der Waals surface area contributed by atoms with Gasteiger partial charge in [-0.15, -0.1) is 0 Å². The van der Waals surface area contributed by atoms with Crippen LogP contribution >= 0.6 is 0 Å². The number of nitrogens with zero attached hydrogens (tertiary/aromatic N) is 1. The first-order chi connectivity index (χ1) is 4.41. The Morgan fingerprint density at radius 1 is 1.08 bits per heavy atom. The van der Waals surface area contributed by atoms with E-state index in [2.05, 4.69) is 35.1 Å². The molecule has 0 aliphatic rings. The number of hydrogen-bond acceptors (Lipinski definition) is 1. The third kappa shape index (κ3) is 210. The SMILES string of the molecule is C[N+](C)(C)C.O.[B]CCCC.[OH-]. The van der Waals surface area contributed by atoms with Gasteiger partial charge in [0.15, 0.2) is 0 Å². The molecule has 12 heavy (non-hydrogen) atoms. The highest BCUT2D eigenvalue weighted by atomic mass is 16.0. The molecule has 0 saturated carbocycles. The topological polar surface area (TPSA) is 61.5 Å². The van der Waals surface area contributed by atoms with Gasteiger partial charge in [0.2, 0.25) is 0 Å². The van der Waals surface area contributed by atoms with Gasteiger partial charge in [-0.1, -0.05) is 26.1 Å². The highest BCUT2D eigenvalue weighted by molar-refractivity contribution is 6.08. The van der Waals surface area contributed by atoms with E-state index in [1.165, 1.54) is 12.8 Å². The smallest absolute Gasteiger partial charge is 0.0675 e. The van der Waals surface area contributed by atoms with Gasteiger partial charge in [0, 0.05) is 0 Å². The Labute approximate surface area is 78.4 Å². The Bertz CT molecular complexity index is 56.6. The number of hydrogen-bond donors (Lipinski definition) is 0. The van der Waals surface area contributed by atoms with E-state index < -0.39 is 0 Å². The van der Waals surface area contributed by atoms with Gasteiger partial charge in [0.1, 0.15) is 0 Å². The minimum absolute atomic E-state index is 0. The summed E-state index contributed by atoms with van der Waals surface area (Å²) in [5.41, 5.74) is 0. The van der Waals surface area contributed by atoms with Crippen LogP contribution in [0.15, 0.2) is 0 Å². The lowest BCUT2D eigenvalue weighted by molar-refractivity contribution is -0.849. The van der Waals surface area contributed by atoms with Crippen LogP contribution in [0, 0.1) is 0 Å². The molecule has 0 aromatic carbocycles. The molecule has 0 aromatic heterocycles. The van der Waals surface area contributed by atoms with Crippen molar-refractivity contribution in [3.8, 4) is 0 Å². The largest absolute Gasteiger partial charge is 0.870 e. The third-order valence-corrected chi connectivity index (χ3v) is 0.558. The molecule has 0 atom stereocenters. The molecule has 0 aliphatic heterocycles. The van der Waals surface area contributed by atoms with Crippen molar-refractivity contribution in [2.45, 2.75) is 26.1 Å². The van der Waals surface area contributed by atoms with Crippen LogP contribution in [0.3, 0.4) is 0 Å². The number of unbranched alkanes of at least 4 members (excludes halogenated alkanes) is 1. The van der Waals surface area contributed by atoms with E-state index in [0.717, 1.165) is 10.8 Å². The van der Waals surface area contributed by atoms with Gasteiger partial charge in [-0.05, 0) is 0 Å². The molecule has 0 spiro atoms. The van der Waals surface area contributed by atoms with Crippen LogP contribution < -0.4 is 0 Å². The zero-order valence-corrected chi connectivity index (χ0v) is 9.09. The van der Waals surface area contributed by atoms with Gasteiger partial charge in [0.25, 0.3) is 0 Å². The summed E-state index contributed by atoms with van der Waals surface area (Å²) in [6, 6.07) is 0. The predicted octanol–water partition coefficient (Wildman–Crippen LogP) is 0.694. The van der Waals surface area contributed by atoms with Crippen molar-refractivity contribution >= 4 is 7.85 Å². The lowest BCUT2D eigenvalue weighted by Gasteiger charge is -2.14. The normalized spacial score (nSPS) is 8.42. The fourth-order valence-electron chi connectivity index (χ4n) is 0.204. The van der Waals surface area contributed by atoms with Crippen molar-refractivity contribution in [3.05, 3.63) is 0 Å². The number of rotatable bonds is 2. The van der Waals surface area contributed by atoms with Crippen molar-refractivity contribution in [2.75, 3.05) is 28.2 Å². The van der Waals surface area contributed by atoms with Crippen LogP contribution in [-0.2, 0) is 0 Å². The van der Waals surface area contributed by atoms with Gasteiger partial charge in [-0.25, -0.2) is 0 Å². The molecule has 3 N–H and O–H groups in total. The first kappa shape index (κ1) is 22.7.